The average Bonchev–Trinajstić information content (AvgIpc) is 2.12. The molecule has 1 saturated heterocycles. The van der Waals surface area contributed by atoms with Gasteiger partial charge in [-0.05, 0) is 26.4 Å². The van der Waals surface area contributed by atoms with Crippen LogP contribution in [0.5, 0.6) is 0 Å². The van der Waals surface area contributed by atoms with Gasteiger partial charge in [0.1, 0.15) is 6.29 Å². The molecular formula is C11H24O4Si. The van der Waals surface area contributed by atoms with Gasteiger partial charge in [0.25, 0.3) is 0 Å². The van der Waals surface area contributed by atoms with Crippen LogP contribution < -0.4 is 0 Å². The van der Waals surface area contributed by atoms with Crippen molar-refractivity contribution in [1.29, 1.82) is 0 Å². The average molecular weight is 248 g/mol. The Morgan fingerprint density at radius 2 is 2.12 bits per heavy atom. The van der Waals surface area contributed by atoms with Crippen LogP contribution in [0.15, 0.2) is 0 Å². The molecule has 1 aliphatic rings. The first-order chi connectivity index (χ1) is 7.59. The Balaban J connectivity index is 2.33. The second kappa shape index (κ2) is 6.71. The highest BCUT2D eigenvalue weighted by Gasteiger charge is 2.33. The Hall–Kier alpha value is 0.0569. The summed E-state index contributed by atoms with van der Waals surface area (Å²) in [6.07, 6.45) is 1.74. The van der Waals surface area contributed by atoms with E-state index in [2.05, 4.69) is 13.5 Å². The molecule has 0 amide bonds. The van der Waals surface area contributed by atoms with Crippen molar-refractivity contribution in [2.24, 2.45) is 0 Å². The molecule has 16 heavy (non-hydrogen) atoms. The van der Waals surface area contributed by atoms with Gasteiger partial charge in [-0.25, -0.2) is 0 Å². The zero-order valence-corrected chi connectivity index (χ0v) is 11.8. The van der Waals surface area contributed by atoms with Crippen LogP contribution >= 0.6 is 0 Å². The van der Waals surface area contributed by atoms with E-state index in [1.165, 1.54) is 0 Å². The van der Waals surface area contributed by atoms with Crippen molar-refractivity contribution in [1.82, 2.24) is 0 Å². The summed E-state index contributed by atoms with van der Waals surface area (Å²) in [7, 11) is -2.05. The smallest absolute Gasteiger partial charge is 0.336 e. The van der Waals surface area contributed by atoms with Crippen LogP contribution in [0.1, 0.15) is 33.6 Å². The molecule has 1 heterocycles. The molecule has 1 aliphatic heterocycles. The third kappa shape index (κ3) is 4.51. The van der Waals surface area contributed by atoms with E-state index in [-0.39, 0.29) is 12.6 Å². The second-order valence-corrected chi connectivity index (χ2v) is 7.52. The predicted octanol–water partition coefficient (Wildman–Crippen LogP) is 2.63. The maximum absolute atomic E-state index is 5.94. The minimum Gasteiger partial charge on any atom is -0.395 e. The van der Waals surface area contributed by atoms with E-state index in [1.54, 1.807) is 0 Å². The summed E-state index contributed by atoms with van der Waals surface area (Å²) in [5.74, 6) is 0. The van der Waals surface area contributed by atoms with E-state index in [9.17, 15) is 0 Å². The summed E-state index contributed by atoms with van der Waals surface area (Å²) in [4.78, 5) is 0. The van der Waals surface area contributed by atoms with Gasteiger partial charge < -0.3 is 18.3 Å². The van der Waals surface area contributed by atoms with Crippen LogP contribution in [0.3, 0.4) is 0 Å². The molecule has 96 valence electrons. The second-order valence-electron chi connectivity index (χ2n) is 4.23. The van der Waals surface area contributed by atoms with Crippen LogP contribution in [0.4, 0.5) is 0 Å². The van der Waals surface area contributed by atoms with E-state index >= 15 is 0 Å². The van der Waals surface area contributed by atoms with Gasteiger partial charge in [-0.2, -0.15) is 0 Å². The van der Waals surface area contributed by atoms with Gasteiger partial charge in [-0.1, -0.05) is 13.3 Å². The molecule has 0 bridgehead atoms. The SMILES string of the molecule is CCC[Si](C)(OCC)OC(C)OC1CCO1. The predicted molar refractivity (Wildman–Crippen MR) is 64.3 cm³/mol. The lowest BCUT2D eigenvalue weighted by atomic mass is 10.3. The zero-order chi connectivity index (χ0) is 12.0. The van der Waals surface area contributed by atoms with Crippen LogP contribution in [-0.4, -0.2) is 34.4 Å². The summed E-state index contributed by atoms with van der Waals surface area (Å²) in [5, 5.41) is 0. The highest BCUT2D eigenvalue weighted by atomic mass is 28.4. The normalized spacial score (nSPS) is 25.9. The lowest BCUT2D eigenvalue weighted by molar-refractivity contribution is -0.269. The third-order valence-corrected chi connectivity index (χ3v) is 5.71. The van der Waals surface area contributed by atoms with Crippen LogP contribution in [0, 0.1) is 0 Å². The van der Waals surface area contributed by atoms with E-state index < -0.39 is 8.56 Å². The first-order valence-electron chi connectivity index (χ1n) is 6.18. The van der Waals surface area contributed by atoms with Crippen molar-refractivity contribution in [3.8, 4) is 0 Å². The summed E-state index contributed by atoms with van der Waals surface area (Å²) in [6.45, 7) is 9.67. The summed E-state index contributed by atoms with van der Waals surface area (Å²) in [5.41, 5.74) is 0. The van der Waals surface area contributed by atoms with Crippen LogP contribution in [-0.2, 0) is 18.3 Å². The van der Waals surface area contributed by atoms with E-state index in [4.69, 9.17) is 18.3 Å². The molecule has 4 nitrogen and oxygen atoms in total. The Bertz CT molecular complexity index is 190. The van der Waals surface area contributed by atoms with E-state index in [0.717, 1.165) is 25.5 Å². The number of hydrogen-bond acceptors (Lipinski definition) is 4. The first kappa shape index (κ1) is 14.1. The zero-order valence-electron chi connectivity index (χ0n) is 10.8. The first-order valence-corrected chi connectivity index (χ1v) is 8.71. The fourth-order valence-corrected chi connectivity index (χ4v) is 4.45. The van der Waals surface area contributed by atoms with Gasteiger partial charge in [-0.3, -0.25) is 0 Å². The molecular weight excluding hydrogens is 224 g/mol. The van der Waals surface area contributed by atoms with Crippen molar-refractivity contribution in [2.75, 3.05) is 13.2 Å². The highest BCUT2D eigenvalue weighted by Crippen LogP contribution is 2.21. The van der Waals surface area contributed by atoms with Gasteiger partial charge in [-0.15, -0.1) is 0 Å². The van der Waals surface area contributed by atoms with Gasteiger partial charge >= 0.3 is 8.56 Å². The lowest BCUT2D eigenvalue weighted by Crippen LogP contribution is -2.44. The third-order valence-electron chi connectivity index (χ3n) is 2.57. The fraction of sp³-hybridized carbons (Fsp3) is 1.00. The Labute approximate surface area is 99.5 Å². The summed E-state index contributed by atoms with van der Waals surface area (Å²) < 4.78 is 22.5. The maximum atomic E-state index is 5.94. The fourth-order valence-electron chi connectivity index (χ4n) is 1.84. The standard InChI is InChI=1S/C11H24O4Si/c1-5-9-16(4,13-6-2)15-10(3)14-11-7-8-12-11/h10-11H,5-9H2,1-4H3. The molecule has 0 radical (unpaired) electrons. The Morgan fingerprint density at radius 3 is 2.56 bits per heavy atom. The van der Waals surface area contributed by atoms with Crippen LogP contribution in [0.2, 0.25) is 12.6 Å². The maximum Gasteiger partial charge on any atom is 0.336 e. The topological polar surface area (TPSA) is 36.9 Å². The van der Waals surface area contributed by atoms with Crippen molar-refractivity contribution >= 4 is 8.56 Å². The number of ether oxygens (including phenoxy) is 2. The van der Waals surface area contributed by atoms with Gasteiger partial charge in [0.05, 0.1) is 6.61 Å². The van der Waals surface area contributed by atoms with Gasteiger partial charge in [0.2, 0.25) is 0 Å². The molecule has 0 saturated carbocycles. The van der Waals surface area contributed by atoms with E-state index in [1.807, 2.05) is 13.8 Å². The van der Waals surface area contributed by atoms with Crippen molar-refractivity contribution in [2.45, 2.75) is 58.8 Å². The van der Waals surface area contributed by atoms with E-state index in [0.29, 0.717) is 6.61 Å². The quantitative estimate of drug-likeness (QED) is 0.489. The van der Waals surface area contributed by atoms with Crippen LogP contribution in [0.25, 0.3) is 0 Å². The van der Waals surface area contributed by atoms with Gasteiger partial charge in [0, 0.05) is 13.0 Å². The van der Waals surface area contributed by atoms with Crippen molar-refractivity contribution < 1.29 is 18.3 Å². The minimum absolute atomic E-state index is 0.0727. The van der Waals surface area contributed by atoms with Crippen molar-refractivity contribution in [3.63, 3.8) is 0 Å². The molecule has 1 rings (SSSR count). The largest absolute Gasteiger partial charge is 0.395 e. The molecule has 0 aromatic heterocycles. The summed E-state index contributed by atoms with van der Waals surface area (Å²) >= 11 is 0. The molecule has 0 aromatic rings. The molecule has 0 aromatic carbocycles. The minimum atomic E-state index is -2.05. The Morgan fingerprint density at radius 1 is 1.44 bits per heavy atom. The van der Waals surface area contributed by atoms with Gasteiger partial charge in [0.15, 0.2) is 6.29 Å². The number of rotatable bonds is 8. The molecule has 3 atom stereocenters. The molecule has 5 heteroatoms. The Kier molecular flexibility index (Phi) is 5.92. The monoisotopic (exact) mass is 248 g/mol. The molecule has 0 spiro atoms. The lowest BCUT2D eigenvalue weighted by Gasteiger charge is -2.34. The molecule has 3 unspecified atom stereocenters. The number of hydrogen-bond donors (Lipinski definition) is 0. The summed E-state index contributed by atoms with van der Waals surface area (Å²) in [6, 6.07) is 1.00. The molecule has 0 N–H and O–H groups in total. The van der Waals surface area contributed by atoms with Crippen molar-refractivity contribution in [3.05, 3.63) is 0 Å². The molecule has 1 fully saturated rings. The molecule has 0 aliphatic carbocycles. The highest BCUT2D eigenvalue weighted by molar-refractivity contribution is 6.66.